The van der Waals surface area contributed by atoms with Gasteiger partial charge in [-0.3, -0.25) is 9.59 Å². The molecule has 1 heterocycles. The van der Waals surface area contributed by atoms with Gasteiger partial charge in [0.1, 0.15) is 5.75 Å². The zero-order valence-corrected chi connectivity index (χ0v) is 17.9. The molecule has 1 aliphatic rings. The van der Waals surface area contributed by atoms with E-state index < -0.39 is 0 Å². The minimum atomic E-state index is -0.316. The van der Waals surface area contributed by atoms with Crippen LogP contribution in [0.15, 0.2) is 59.1 Å². The Morgan fingerprint density at radius 2 is 1.83 bits per heavy atom. The third-order valence-electron chi connectivity index (χ3n) is 4.77. The number of anilines is 1. The van der Waals surface area contributed by atoms with E-state index in [0.717, 1.165) is 23.1 Å². The monoisotopic (exact) mass is 457 g/mol. The van der Waals surface area contributed by atoms with Crippen molar-refractivity contribution in [2.75, 3.05) is 44.7 Å². The third-order valence-corrected chi connectivity index (χ3v) is 5.27. The van der Waals surface area contributed by atoms with Crippen LogP contribution < -0.4 is 15.0 Å². The van der Waals surface area contributed by atoms with Gasteiger partial charge in [-0.15, -0.1) is 0 Å². The molecule has 2 aromatic rings. The van der Waals surface area contributed by atoms with Crippen LogP contribution in [0.25, 0.3) is 6.08 Å². The van der Waals surface area contributed by atoms with E-state index in [4.69, 9.17) is 4.74 Å². The summed E-state index contributed by atoms with van der Waals surface area (Å²) < 4.78 is 6.17. The first-order valence-corrected chi connectivity index (χ1v) is 10.2. The highest BCUT2D eigenvalue weighted by Crippen LogP contribution is 2.24. The normalized spacial score (nSPS) is 14.1. The zero-order valence-electron chi connectivity index (χ0n) is 16.3. The molecule has 29 heavy (non-hydrogen) atoms. The van der Waals surface area contributed by atoms with Gasteiger partial charge in [0.2, 0.25) is 11.8 Å². The van der Waals surface area contributed by atoms with E-state index in [-0.39, 0.29) is 18.4 Å². The Morgan fingerprint density at radius 3 is 2.52 bits per heavy atom. The third kappa shape index (κ3) is 5.84. The van der Waals surface area contributed by atoms with Crippen LogP contribution in [0.3, 0.4) is 0 Å². The number of carbonyl (C=O) groups excluding carboxylic acids is 2. The molecule has 0 saturated carbocycles. The standard InChI is InChI=1S/C22H24BrN3O3/c1-29-20-9-8-18(23)15-17(20)7-10-21(27)24-16-22(28)26-13-11-25(12-14-26)19-5-3-2-4-6-19/h2-10,15H,11-14,16H2,1H3,(H,24,27)/b10-7+. The highest BCUT2D eigenvalue weighted by atomic mass is 79.9. The summed E-state index contributed by atoms with van der Waals surface area (Å²) in [4.78, 5) is 28.6. The van der Waals surface area contributed by atoms with Crippen molar-refractivity contribution < 1.29 is 14.3 Å². The molecule has 7 heteroatoms. The second kappa shape index (κ2) is 10.1. The van der Waals surface area contributed by atoms with Crippen molar-refractivity contribution in [1.29, 1.82) is 0 Å². The Labute approximate surface area is 179 Å². The Bertz CT molecular complexity index is 878. The highest BCUT2D eigenvalue weighted by molar-refractivity contribution is 9.10. The number of carbonyl (C=O) groups is 2. The molecular formula is C22H24BrN3O3. The topological polar surface area (TPSA) is 61.9 Å². The molecule has 0 spiro atoms. The molecule has 2 amide bonds. The van der Waals surface area contributed by atoms with Gasteiger partial charge in [0.15, 0.2) is 0 Å². The number of amides is 2. The number of benzene rings is 2. The van der Waals surface area contributed by atoms with E-state index in [2.05, 4.69) is 38.3 Å². The molecule has 0 bridgehead atoms. The first-order valence-electron chi connectivity index (χ1n) is 9.44. The maximum absolute atomic E-state index is 12.4. The van der Waals surface area contributed by atoms with Crippen LogP contribution in [0.1, 0.15) is 5.56 Å². The number of nitrogens with zero attached hydrogens (tertiary/aromatic N) is 2. The molecule has 0 unspecified atom stereocenters. The molecule has 0 atom stereocenters. The smallest absolute Gasteiger partial charge is 0.244 e. The summed E-state index contributed by atoms with van der Waals surface area (Å²) in [5.74, 6) is 0.285. The molecule has 2 aromatic carbocycles. The van der Waals surface area contributed by atoms with Crippen LogP contribution in [-0.2, 0) is 9.59 Å². The number of nitrogens with one attached hydrogen (secondary N) is 1. The summed E-state index contributed by atoms with van der Waals surface area (Å²) in [6.45, 7) is 2.85. The van der Waals surface area contributed by atoms with E-state index in [0.29, 0.717) is 18.8 Å². The Kier molecular flexibility index (Phi) is 7.30. The van der Waals surface area contributed by atoms with Gasteiger partial charge in [0, 0.05) is 48.0 Å². The molecule has 6 nitrogen and oxygen atoms in total. The van der Waals surface area contributed by atoms with Gasteiger partial charge in [-0.2, -0.15) is 0 Å². The second-order valence-electron chi connectivity index (χ2n) is 6.64. The molecule has 1 saturated heterocycles. The minimum absolute atomic E-state index is 0.00979. The van der Waals surface area contributed by atoms with Gasteiger partial charge in [-0.25, -0.2) is 0 Å². The van der Waals surface area contributed by atoms with E-state index in [1.54, 1.807) is 18.1 Å². The number of ether oxygens (including phenoxy) is 1. The van der Waals surface area contributed by atoms with E-state index in [1.807, 2.05) is 36.4 Å². The molecule has 3 rings (SSSR count). The summed E-state index contributed by atoms with van der Waals surface area (Å²) in [6.07, 6.45) is 3.08. The van der Waals surface area contributed by atoms with Crippen LogP contribution in [0.5, 0.6) is 5.75 Å². The summed E-state index contributed by atoms with van der Waals surface area (Å²) in [5, 5.41) is 2.66. The lowest BCUT2D eigenvalue weighted by Crippen LogP contribution is -2.51. The van der Waals surface area contributed by atoms with E-state index in [1.165, 1.54) is 11.8 Å². The maximum atomic E-state index is 12.4. The first-order chi connectivity index (χ1) is 14.1. The predicted octanol–water partition coefficient (Wildman–Crippen LogP) is 2.94. The number of rotatable bonds is 6. The van der Waals surface area contributed by atoms with Crippen LogP contribution >= 0.6 is 15.9 Å². The van der Waals surface area contributed by atoms with Gasteiger partial charge >= 0.3 is 0 Å². The number of hydrogen-bond acceptors (Lipinski definition) is 4. The molecule has 0 aromatic heterocycles. The number of methoxy groups -OCH3 is 1. The molecule has 0 aliphatic carbocycles. The van der Waals surface area contributed by atoms with Crippen molar-refractivity contribution in [2.45, 2.75) is 0 Å². The zero-order chi connectivity index (χ0) is 20.6. The average Bonchev–Trinajstić information content (AvgIpc) is 2.77. The molecule has 0 radical (unpaired) electrons. The van der Waals surface area contributed by atoms with Gasteiger partial charge < -0.3 is 19.9 Å². The lowest BCUT2D eigenvalue weighted by molar-refractivity contribution is -0.132. The van der Waals surface area contributed by atoms with Gasteiger partial charge in [-0.05, 0) is 36.4 Å². The van der Waals surface area contributed by atoms with Crippen molar-refractivity contribution in [3.63, 3.8) is 0 Å². The minimum Gasteiger partial charge on any atom is -0.496 e. The van der Waals surface area contributed by atoms with Crippen LogP contribution in [0, 0.1) is 0 Å². The van der Waals surface area contributed by atoms with Crippen molar-refractivity contribution >= 4 is 39.5 Å². The summed E-state index contributed by atoms with van der Waals surface area (Å²) in [5.41, 5.74) is 1.95. The summed E-state index contributed by atoms with van der Waals surface area (Å²) >= 11 is 3.40. The van der Waals surface area contributed by atoms with Crippen molar-refractivity contribution in [3.8, 4) is 5.75 Å². The van der Waals surface area contributed by atoms with Crippen LogP contribution in [0.2, 0.25) is 0 Å². The first kappa shape index (κ1) is 20.9. The Hall–Kier alpha value is -2.80. The molecule has 1 N–H and O–H groups in total. The Morgan fingerprint density at radius 1 is 1.10 bits per heavy atom. The van der Waals surface area contributed by atoms with Crippen molar-refractivity contribution in [2.24, 2.45) is 0 Å². The largest absolute Gasteiger partial charge is 0.496 e. The summed E-state index contributed by atoms with van der Waals surface area (Å²) in [6, 6.07) is 15.7. The number of hydrogen-bond donors (Lipinski definition) is 1. The lowest BCUT2D eigenvalue weighted by Gasteiger charge is -2.36. The van der Waals surface area contributed by atoms with Crippen molar-refractivity contribution in [3.05, 3.63) is 64.6 Å². The fraction of sp³-hybridized carbons (Fsp3) is 0.273. The number of halogens is 1. The lowest BCUT2D eigenvalue weighted by atomic mass is 10.2. The SMILES string of the molecule is COc1ccc(Br)cc1/C=C/C(=O)NCC(=O)N1CCN(c2ccccc2)CC1. The van der Waals surface area contributed by atoms with Crippen LogP contribution in [0.4, 0.5) is 5.69 Å². The van der Waals surface area contributed by atoms with Gasteiger partial charge in [0.05, 0.1) is 13.7 Å². The molecule has 152 valence electrons. The molecule has 1 aliphatic heterocycles. The van der Waals surface area contributed by atoms with Gasteiger partial charge in [0.25, 0.3) is 0 Å². The fourth-order valence-corrected chi connectivity index (χ4v) is 3.57. The predicted molar refractivity (Wildman–Crippen MR) is 118 cm³/mol. The van der Waals surface area contributed by atoms with Crippen molar-refractivity contribution in [1.82, 2.24) is 10.2 Å². The number of para-hydroxylation sites is 1. The molecular weight excluding hydrogens is 434 g/mol. The second-order valence-corrected chi connectivity index (χ2v) is 7.56. The Balaban J connectivity index is 1.46. The maximum Gasteiger partial charge on any atom is 0.244 e. The average molecular weight is 458 g/mol. The number of piperazine rings is 1. The van der Waals surface area contributed by atoms with E-state index in [9.17, 15) is 9.59 Å². The highest BCUT2D eigenvalue weighted by Gasteiger charge is 2.21. The van der Waals surface area contributed by atoms with Gasteiger partial charge in [-0.1, -0.05) is 34.1 Å². The van der Waals surface area contributed by atoms with E-state index >= 15 is 0 Å². The molecule has 1 fully saturated rings. The van der Waals surface area contributed by atoms with Crippen LogP contribution in [-0.4, -0.2) is 56.5 Å². The fourth-order valence-electron chi connectivity index (χ4n) is 3.19. The quantitative estimate of drug-likeness (QED) is 0.677. The summed E-state index contributed by atoms with van der Waals surface area (Å²) in [7, 11) is 1.58.